The highest BCUT2D eigenvalue weighted by Crippen LogP contribution is 2.20. The van der Waals surface area contributed by atoms with E-state index in [4.69, 9.17) is 9.84 Å². The number of rotatable bonds is 9. The van der Waals surface area contributed by atoms with Crippen molar-refractivity contribution in [3.05, 3.63) is 41.1 Å². The highest BCUT2D eigenvalue weighted by molar-refractivity contribution is 5.47. The lowest BCUT2D eigenvalue weighted by atomic mass is 10.2. The van der Waals surface area contributed by atoms with Crippen molar-refractivity contribution in [3.63, 3.8) is 0 Å². The Kier molecular flexibility index (Phi) is 6.47. The smallest absolute Gasteiger partial charge is 0.127 e. The molecule has 0 saturated heterocycles. The fourth-order valence-electron chi connectivity index (χ4n) is 2.38. The van der Waals surface area contributed by atoms with Gasteiger partial charge in [-0.3, -0.25) is 0 Å². The van der Waals surface area contributed by atoms with Crippen molar-refractivity contribution >= 4 is 5.82 Å². The van der Waals surface area contributed by atoms with Crippen LogP contribution in [0.4, 0.5) is 5.82 Å². The molecule has 5 heteroatoms. The summed E-state index contributed by atoms with van der Waals surface area (Å²) >= 11 is 0. The molecule has 2 N–H and O–H groups in total. The van der Waals surface area contributed by atoms with Crippen molar-refractivity contribution in [1.29, 1.82) is 0 Å². The maximum absolute atomic E-state index is 9.15. The van der Waals surface area contributed by atoms with Crippen LogP contribution in [-0.4, -0.2) is 28.1 Å². The number of hydrogen-bond donors (Lipinski definition) is 2. The number of unbranched alkanes of at least 4 members (excludes halogenated alkanes) is 1. The summed E-state index contributed by atoms with van der Waals surface area (Å²) in [4.78, 5) is 0. The molecule has 1 aromatic heterocycles. The maximum Gasteiger partial charge on any atom is 0.127 e. The number of aliphatic hydroxyl groups excluding tert-OH is 1. The van der Waals surface area contributed by atoms with E-state index in [1.54, 1.807) is 0 Å². The van der Waals surface area contributed by atoms with Crippen LogP contribution in [0.15, 0.2) is 24.3 Å². The Bertz CT molecular complexity index is 605. The molecular weight excluding hydrogens is 290 g/mol. The lowest BCUT2D eigenvalue weighted by Gasteiger charge is -2.11. The SMILES string of the molecule is CCCCOc1ccc(CNc2c(C)c(C)nn2CCO)cc1. The number of benzene rings is 1. The summed E-state index contributed by atoms with van der Waals surface area (Å²) in [5.41, 5.74) is 3.29. The van der Waals surface area contributed by atoms with Crippen LogP contribution in [0.25, 0.3) is 0 Å². The van der Waals surface area contributed by atoms with E-state index >= 15 is 0 Å². The first-order chi connectivity index (χ1) is 11.2. The Morgan fingerprint density at radius 3 is 2.61 bits per heavy atom. The second-order valence-electron chi connectivity index (χ2n) is 5.71. The zero-order valence-electron chi connectivity index (χ0n) is 14.3. The van der Waals surface area contributed by atoms with Gasteiger partial charge in [0.2, 0.25) is 0 Å². The monoisotopic (exact) mass is 317 g/mol. The molecular formula is C18H27N3O2. The number of aryl methyl sites for hydroxylation is 1. The molecule has 0 atom stereocenters. The minimum Gasteiger partial charge on any atom is -0.494 e. The average Bonchev–Trinajstić information content (AvgIpc) is 2.82. The molecule has 0 bridgehead atoms. The molecule has 0 fully saturated rings. The van der Waals surface area contributed by atoms with E-state index in [9.17, 15) is 0 Å². The lowest BCUT2D eigenvalue weighted by Crippen LogP contribution is -2.11. The van der Waals surface area contributed by atoms with E-state index < -0.39 is 0 Å². The van der Waals surface area contributed by atoms with Crippen LogP contribution in [0.5, 0.6) is 5.75 Å². The Hall–Kier alpha value is -2.01. The van der Waals surface area contributed by atoms with Gasteiger partial charge in [-0.2, -0.15) is 5.10 Å². The molecule has 5 nitrogen and oxygen atoms in total. The van der Waals surface area contributed by atoms with Crippen LogP contribution in [0.2, 0.25) is 0 Å². The number of aromatic nitrogens is 2. The summed E-state index contributed by atoms with van der Waals surface area (Å²) in [7, 11) is 0. The van der Waals surface area contributed by atoms with Crippen LogP contribution in [0, 0.1) is 13.8 Å². The number of hydrogen-bond acceptors (Lipinski definition) is 4. The minimum atomic E-state index is 0.0824. The third-order valence-electron chi connectivity index (χ3n) is 3.89. The Labute approximate surface area is 138 Å². The number of nitrogens with one attached hydrogen (secondary N) is 1. The van der Waals surface area contributed by atoms with Gasteiger partial charge in [-0.1, -0.05) is 25.5 Å². The molecule has 0 aliphatic heterocycles. The van der Waals surface area contributed by atoms with E-state index in [1.165, 1.54) is 5.56 Å². The molecule has 1 heterocycles. The van der Waals surface area contributed by atoms with E-state index in [1.807, 2.05) is 30.7 Å². The van der Waals surface area contributed by atoms with Crippen molar-refractivity contribution in [3.8, 4) is 5.75 Å². The van der Waals surface area contributed by atoms with Gasteiger partial charge in [0.1, 0.15) is 11.6 Å². The molecule has 0 saturated carbocycles. The second kappa shape index (κ2) is 8.58. The number of aliphatic hydroxyl groups is 1. The van der Waals surface area contributed by atoms with Crippen molar-refractivity contribution in [2.24, 2.45) is 0 Å². The van der Waals surface area contributed by atoms with Gasteiger partial charge < -0.3 is 15.2 Å². The fourth-order valence-corrected chi connectivity index (χ4v) is 2.38. The Morgan fingerprint density at radius 1 is 1.22 bits per heavy atom. The zero-order valence-corrected chi connectivity index (χ0v) is 14.3. The van der Waals surface area contributed by atoms with Crippen LogP contribution in [-0.2, 0) is 13.1 Å². The highest BCUT2D eigenvalue weighted by atomic mass is 16.5. The third kappa shape index (κ3) is 4.73. The first-order valence-electron chi connectivity index (χ1n) is 8.26. The lowest BCUT2D eigenvalue weighted by molar-refractivity contribution is 0.270. The second-order valence-corrected chi connectivity index (χ2v) is 5.71. The van der Waals surface area contributed by atoms with Gasteiger partial charge in [-0.25, -0.2) is 4.68 Å². The van der Waals surface area contributed by atoms with Gasteiger partial charge in [-0.05, 0) is 38.0 Å². The van der Waals surface area contributed by atoms with Gasteiger partial charge in [0.15, 0.2) is 0 Å². The van der Waals surface area contributed by atoms with Gasteiger partial charge >= 0.3 is 0 Å². The molecule has 0 unspecified atom stereocenters. The molecule has 0 aliphatic carbocycles. The molecule has 126 valence electrons. The first-order valence-corrected chi connectivity index (χ1v) is 8.26. The number of anilines is 1. The maximum atomic E-state index is 9.15. The molecule has 2 aromatic rings. The molecule has 0 aliphatic rings. The first kappa shape index (κ1) is 17.3. The fraction of sp³-hybridized carbons (Fsp3) is 0.500. The average molecular weight is 317 g/mol. The van der Waals surface area contributed by atoms with Crippen LogP contribution in [0.3, 0.4) is 0 Å². The Morgan fingerprint density at radius 2 is 1.96 bits per heavy atom. The van der Waals surface area contributed by atoms with Gasteiger partial charge in [0.25, 0.3) is 0 Å². The normalized spacial score (nSPS) is 10.8. The predicted octanol–water partition coefficient (Wildman–Crippen LogP) is 3.28. The molecule has 0 radical (unpaired) electrons. The van der Waals surface area contributed by atoms with Crippen LogP contribution < -0.4 is 10.1 Å². The number of nitrogens with zero attached hydrogens (tertiary/aromatic N) is 2. The Balaban J connectivity index is 1.95. The predicted molar refractivity (Wildman–Crippen MR) is 93.0 cm³/mol. The zero-order chi connectivity index (χ0) is 16.7. The van der Waals surface area contributed by atoms with E-state index in [-0.39, 0.29) is 6.61 Å². The summed E-state index contributed by atoms with van der Waals surface area (Å²) in [6.45, 7) is 8.25. The topological polar surface area (TPSA) is 59.3 Å². The van der Waals surface area contributed by atoms with Gasteiger partial charge in [-0.15, -0.1) is 0 Å². The molecule has 2 rings (SSSR count). The van der Waals surface area contributed by atoms with Crippen molar-refractivity contribution < 1.29 is 9.84 Å². The number of ether oxygens (including phenoxy) is 1. The van der Waals surface area contributed by atoms with E-state index in [0.29, 0.717) is 13.1 Å². The van der Waals surface area contributed by atoms with Gasteiger partial charge in [0.05, 0.1) is 25.5 Å². The molecule has 23 heavy (non-hydrogen) atoms. The highest BCUT2D eigenvalue weighted by Gasteiger charge is 2.10. The minimum absolute atomic E-state index is 0.0824. The summed E-state index contributed by atoms with van der Waals surface area (Å²) in [5, 5.41) is 17.0. The molecule has 0 spiro atoms. The standard InChI is InChI=1S/C18H27N3O2/c1-4-5-12-23-17-8-6-16(7-9-17)13-19-18-14(2)15(3)20-21(18)10-11-22/h6-9,19,22H,4-5,10-13H2,1-3H3. The molecule has 1 aromatic carbocycles. The van der Waals surface area contributed by atoms with Gasteiger partial charge in [0, 0.05) is 12.1 Å². The van der Waals surface area contributed by atoms with Crippen LogP contribution in [0.1, 0.15) is 36.6 Å². The molecule has 0 amide bonds. The van der Waals surface area contributed by atoms with Crippen molar-refractivity contribution in [1.82, 2.24) is 9.78 Å². The summed E-state index contributed by atoms with van der Waals surface area (Å²) < 4.78 is 7.50. The van der Waals surface area contributed by atoms with E-state index in [0.717, 1.165) is 42.3 Å². The van der Waals surface area contributed by atoms with Crippen molar-refractivity contribution in [2.45, 2.75) is 46.7 Å². The summed E-state index contributed by atoms with van der Waals surface area (Å²) in [6.07, 6.45) is 2.22. The summed E-state index contributed by atoms with van der Waals surface area (Å²) in [6, 6.07) is 8.16. The largest absolute Gasteiger partial charge is 0.494 e. The van der Waals surface area contributed by atoms with Crippen LogP contribution >= 0.6 is 0 Å². The third-order valence-corrected chi connectivity index (χ3v) is 3.89. The summed E-state index contributed by atoms with van der Waals surface area (Å²) in [5.74, 6) is 1.89. The van der Waals surface area contributed by atoms with E-state index in [2.05, 4.69) is 29.5 Å². The quantitative estimate of drug-likeness (QED) is 0.697. The van der Waals surface area contributed by atoms with Crippen molar-refractivity contribution in [2.75, 3.05) is 18.5 Å².